The van der Waals surface area contributed by atoms with E-state index in [0.29, 0.717) is 16.6 Å². The molecule has 1 aromatic carbocycles. The van der Waals surface area contributed by atoms with Crippen LogP contribution in [-0.4, -0.2) is 33.9 Å². The number of amides is 1. The van der Waals surface area contributed by atoms with E-state index in [1.807, 2.05) is 43.4 Å². The number of hydrogen-bond acceptors (Lipinski definition) is 5. The van der Waals surface area contributed by atoms with Crippen molar-refractivity contribution in [3.05, 3.63) is 65.2 Å². The molecule has 0 atom stereocenters. The number of ether oxygens (including phenoxy) is 1. The topological polar surface area (TPSA) is 91.6 Å². The van der Waals surface area contributed by atoms with Crippen LogP contribution < -0.4 is 16.7 Å². The average molecular weight is 547 g/mol. The molecule has 0 aliphatic carbocycles. The molecular weight excluding hydrogens is 520 g/mol. The maximum absolute atomic E-state index is 14.4. The van der Waals surface area contributed by atoms with Crippen molar-refractivity contribution >= 4 is 28.5 Å². The lowest BCUT2D eigenvalue weighted by Gasteiger charge is -2.19. The summed E-state index contributed by atoms with van der Waals surface area (Å²) in [7, 11) is 2.71. The minimum absolute atomic E-state index is 0.102. The van der Waals surface area contributed by atoms with Crippen LogP contribution in [0.2, 0.25) is 0 Å². The molecule has 1 aromatic heterocycles. The van der Waals surface area contributed by atoms with Gasteiger partial charge in [0.25, 0.3) is 11.5 Å². The van der Waals surface area contributed by atoms with Gasteiger partial charge >= 0.3 is 5.69 Å². The third-order valence-corrected chi connectivity index (χ3v) is 5.15. The Labute approximate surface area is 193 Å². The monoisotopic (exact) mass is 547 g/mol. The van der Waals surface area contributed by atoms with E-state index in [1.54, 1.807) is 12.1 Å². The summed E-state index contributed by atoms with van der Waals surface area (Å²) >= 11 is 1.98. The molecule has 0 radical (unpaired) electrons. The van der Waals surface area contributed by atoms with Gasteiger partial charge in [0.05, 0.1) is 12.2 Å². The molecule has 31 heavy (non-hydrogen) atoms. The van der Waals surface area contributed by atoms with E-state index in [-0.39, 0.29) is 35.4 Å². The Kier molecular flexibility index (Phi) is 8.55. The fourth-order valence-electron chi connectivity index (χ4n) is 2.84. The minimum atomic E-state index is -0.797. The Morgan fingerprint density at radius 2 is 1.84 bits per heavy atom. The standard InChI is InChI=1S/C21H27FIN3O5/c1-21(2,3)30-9-6-10-31-24-18(27)17-16(25(4)20(29)26(5)19(17)28)11-13-7-8-14(23)12-15(13)22/h7-8,12H,6,9-11H2,1-5H3,(H,24,27). The highest BCUT2D eigenvalue weighted by atomic mass is 127. The largest absolute Gasteiger partial charge is 0.376 e. The van der Waals surface area contributed by atoms with Crippen LogP contribution in [0.5, 0.6) is 0 Å². The number of rotatable bonds is 8. The summed E-state index contributed by atoms with van der Waals surface area (Å²) in [6.07, 6.45) is 0.427. The minimum Gasteiger partial charge on any atom is -0.376 e. The van der Waals surface area contributed by atoms with Gasteiger partial charge in [-0.25, -0.2) is 14.7 Å². The zero-order valence-electron chi connectivity index (χ0n) is 18.3. The van der Waals surface area contributed by atoms with E-state index in [9.17, 15) is 18.8 Å². The number of carbonyl (C=O) groups excluding carboxylic acids is 1. The van der Waals surface area contributed by atoms with Crippen LogP contribution in [-0.2, 0) is 30.1 Å². The van der Waals surface area contributed by atoms with Gasteiger partial charge in [-0.2, -0.15) is 0 Å². The first-order valence-corrected chi connectivity index (χ1v) is 10.8. The van der Waals surface area contributed by atoms with Crippen molar-refractivity contribution in [2.75, 3.05) is 13.2 Å². The Balaban J connectivity index is 2.24. The quantitative estimate of drug-likeness (QED) is 0.311. The maximum atomic E-state index is 14.4. The molecule has 0 spiro atoms. The molecule has 8 nitrogen and oxygen atoms in total. The van der Waals surface area contributed by atoms with Gasteiger partial charge < -0.3 is 4.74 Å². The van der Waals surface area contributed by atoms with Gasteiger partial charge in [0.1, 0.15) is 11.4 Å². The van der Waals surface area contributed by atoms with Gasteiger partial charge in [0.2, 0.25) is 0 Å². The number of benzene rings is 1. The Morgan fingerprint density at radius 1 is 1.16 bits per heavy atom. The highest BCUT2D eigenvalue weighted by Crippen LogP contribution is 2.17. The average Bonchev–Trinajstić information content (AvgIpc) is 2.68. The lowest BCUT2D eigenvalue weighted by atomic mass is 10.0. The van der Waals surface area contributed by atoms with Crippen LogP contribution in [0.3, 0.4) is 0 Å². The van der Waals surface area contributed by atoms with E-state index in [0.717, 1.165) is 4.57 Å². The first-order chi connectivity index (χ1) is 14.4. The van der Waals surface area contributed by atoms with Crippen LogP contribution in [0.1, 0.15) is 48.8 Å². The van der Waals surface area contributed by atoms with Crippen LogP contribution in [0.15, 0.2) is 27.8 Å². The molecule has 0 unspecified atom stereocenters. The number of nitrogens with one attached hydrogen (secondary N) is 1. The predicted octanol–water partition coefficient (Wildman–Crippen LogP) is 2.29. The summed E-state index contributed by atoms with van der Waals surface area (Å²) in [5.41, 5.74) is 0.678. The molecule has 0 saturated carbocycles. The van der Waals surface area contributed by atoms with Crippen molar-refractivity contribution < 1.29 is 18.8 Å². The Bertz CT molecular complexity index is 1070. The SMILES string of the molecule is Cn1c(Cc2ccc(I)cc2F)c(C(=O)NOCCCOC(C)(C)C)c(=O)n(C)c1=O. The lowest BCUT2D eigenvalue weighted by Crippen LogP contribution is -2.44. The molecule has 2 aromatic rings. The second-order valence-corrected chi connectivity index (χ2v) is 9.28. The highest BCUT2D eigenvalue weighted by Gasteiger charge is 2.23. The summed E-state index contributed by atoms with van der Waals surface area (Å²) in [6, 6.07) is 4.62. The van der Waals surface area contributed by atoms with Gasteiger partial charge in [-0.1, -0.05) is 6.07 Å². The molecule has 1 heterocycles. The highest BCUT2D eigenvalue weighted by molar-refractivity contribution is 14.1. The normalized spacial score (nSPS) is 11.6. The van der Waals surface area contributed by atoms with Crippen molar-refractivity contribution in [1.82, 2.24) is 14.6 Å². The van der Waals surface area contributed by atoms with Gasteiger partial charge in [-0.05, 0) is 67.5 Å². The number of nitrogens with zero attached hydrogens (tertiary/aromatic N) is 2. The summed E-state index contributed by atoms with van der Waals surface area (Å²) in [5.74, 6) is -1.28. The lowest BCUT2D eigenvalue weighted by molar-refractivity contribution is -0.0234. The van der Waals surface area contributed by atoms with Crippen molar-refractivity contribution in [3.63, 3.8) is 0 Å². The van der Waals surface area contributed by atoms with Crippen LogP contribution in [0, 0.1) is 9.39 Å². The zero-order chi connectivity index (χ0) is 23.3. The predicted molar refractivity (Wildman–Crippen MR) is 123 cm³/mol. The third kappa shape index (κ3) is 6.71. The van der Waals surface area contributed by atoms with Crippen molar-refractivity contribution in [2.24, 2.45) is 14.1 Å². The smallest absolute Gasteiger partial charge is 0.330 e. The number of carbonyl (C=O) groups is 1. The Hall–Kier alpha value is -2.05. The molecule has 0 fully saturated rings. The summed E-state index contributed by atoms with van der Waals surface area (Å²) in [6.45, 7) is 6.42. The van der Waals surface area contributed by atoms with Crippen LogP contribution in [0.25, 0.3) is 0 Å². The molecule has 170 valence electrons. The fourth-order valence-corrected chi connectivity index (χ4v) is 3.30. The van der Waals surface area contributed by atoms with Gasteiger partial charge in [-0.15, -0.1) is 0 Å². The molecule has 0 aliphatic rings. The summed E-state index contributed by atoms with van der Waals surface area (Å²) < 4.78 is 22.7. The van der Waals surface area contributed by atoms with E-state index in [1.165, 1.54) is 24.7 Å². The van der Waals surface area contributed by atoms with Gasteiger partial charge in [0, 0.05) is 36.4 Å². The molecule has 2 rings (SSSR count). The maximum Gasteiger partial charge on any atom is 0.330 e. The second-order valence-electron chi connectivity index (χ2n) is 8.03. The third-order valence-electron chi connectivity index (χ3n) is 4.48. The zero-order valence-corrected chi connectivity index (χ0v) is 20.4. The van der Waals surface area contributed by atoms with Gasteiger partial charge in [0.15, 0.2) is 0 Å². The Morgan fingerprint density at radius 3 is 2.45 bits per heavy atom. The van der Waals surface area contributed by atoms with Crippen LogP contribution in [0.4, 0.5) is 4.39 Å². The van der Waals surface area contributed by atoms with Crippen molar-refractivity contribution in [2.45, 2.75) is 39.2 Å². The molecule has 0 aliphatic heterocycles. The molecule has 10 heteroatoms. The second kappa shape index (κ2) is 10.5. The van der Waals surface area contributed by atoms with Crippen molar-refractivity contribution in [1.29, 1.82) is 0 Å². The number of hydrogen-bond donors (Lipinski definition) is 1. The summed E-state index contributed by atoms with van der Waals surface area (Å²) in [5, 5.41) is 0. The first-order valence-electron chi connectivity index (χ1n) is 9.71. The first kappa shape index (κ1) is 25.2. The number of halogens is 2. The molecule has 1 N–H and O–H groups in total. The summed E-state index contributed by atoms with van der Waals surface area (Å²) in [4.78, 5) is 43.0. The van der Waals surface area contributed by atoms with E-state index < -0.39 is 23.0 Å². The molecular formula is C21H27FIN3O5. The molecule has 0 saturated heterocycles. The van der Waals surface area contributed by atoms with E-state index in [2.05, 4.69) is 5.48 Å². The number of hydroxylamine groups is 1. The number of aromatic nitrogens is 2. The van der Waals surface area contributed by atoms with E-state index >= 15 is 0 Å². The van der Waals surface area contributed by atoms with Gasteiger partial charge in [-0.3, -0.25) is 23.6 Å². The molecule has 0 bridgehead atoms. The van der Waals surface area contributed by atoms with Crippen molar-refractivity contribution in [3.8, 4) is 0 Å². The fraction of sp³-hybridized carbons (Fsp3) is 0.476. The van der Waals surface area contributed by atoms with E-state index in [4.69, 9.17) is 9.57 Å². The van der Waals surface area contributed by atoms with Crippen LogP contribution >= 0.6 is 22.6 Å². The molecule has 1 amide bonds.